The largest absolute Gasteiger partial charge is 0.319 e. The predicted molar refractivity (Wildman–Crippen MR) is 54.1 cm³/mol. The monoisotopic (exact) mass is 177 g/mol. The van der Waals surface area contributed by atoms with Crippen molar-refractivity contribution in [2.45, 2.75) is 13.3 Å². The normalized spacial score (nSPS) is 10.0. The van der Waals surface area contributed by atoms with Crippen molar-refractivity contribution >= 4 is 5.78 Å². The molecule has 1 rings (SSSR count). The van der Waals surface area contributed by atoms with Crippen LogP contribution in [0.25, 0.3) is 0 Å². The minimum atomic E-state index is 0.203. The van der Waals surface area contributed by atoms with Gasteiger partial charge in [-0.1, -0.05) is 29.8 Å². The van der Waals surface area contributed by atoms with Crippen molar-refractivity contribution in [1.29, 1.82) is 0 Å². The van der Waals surface area contributed by atoms with Crippen LogP contribution in [-0.2, 0) is 0 Å². The minimum absolute atomic E-state index is 0.203. The van der Waals surface area contributed by atoms with Crippen LogP contribution in [0.4, 0.5) is 0 Å². The number of aryl methyl sites for hydroxylation is 1. The fraction of sp³-hybridized carbons (Fsp3) is 0.364. The molecule has 2 heteroatoms. The van der Waals surface area contributed by atoms with Crippen LogP contribution >= 0.6 is 0 Å². The summed E-state index contributed by atoms with van der Waals surface area (Å²) < 4.78 is 0. The van der Waals surface area contributed by atoms with E-state index in [1.54, 1.807) is 0 Å². The molecule has 0 heterocycles. The van der Waals surface area contributed by atoms with Gasteiger partial charge < -0.3 is 5.32 Å². The maximum absolute atomic E-state index is 11.5. The lowest BCUT2D eigenvalue weighted by atomic mass is 10.1. The molecule has 0 aliphatic rings. The van der Waals surface area contributed by atoms with E-state index in [2.05, 4.69) is 5.32 Å². The first-order valence-corrected chi connectivity index (χ1v) is 4.48. The molecule has 0 spiro atoms. The van der Waals surface area contributed by atoms with Gasteiger partial charge >= 0.3 is 0 Å². The van der Waals surface area contributed by atoms with Crippen LogP contribution in [0.15, 0.2) is 24.3 Å². The highest BCUT2D eigenvalue weighted by molar-refractivity contribution is 5.96. The summed E-state index contributed by atoms with van der Waals surface area (Å²) in [6.45, 7) is 2.76. The molecule has 0 aromatic heterocycles. The zero-order valence-corrected chi connectivity index (χ0v) is 8.13. The van der Waals surface area contributed by atoms with E-state index in [9.17, 15) is 4.79 Å². The van der Waals surface area contributed by atoms with Crippen LogP contribution in [-0.4, -0.2) is 19.4 Å². The van der Waals surface area contributed by atoms with Gasteiger partial charge in [-0.15, -0.1) is 0 Å². The molecule has 0 radical (unpaired) electrons. The van der Waals surface area contributed by atoms with E-state index in [0.29, 0.717) is 6.42 Å². The van der Waals surface area contributed by atoms with E-state index >= 15 is 0 Å². The first-order valence-electron chi connectivity index (χ1n) is 4.48. The Hall–Kier alpha value is -1.15. The molecule has 70 valence electrons. The smallest absolute Gasteiger partial charge is 0.164 e. The van der Waals surface area contributed by atoms with E-state index in [-0.39, 0.29) is 5.78 Å². The maximum atomic E-state index is 11.5. The minimum Gasteiger partial charge on any atom is -0.319 e. The van der Waals surface area contributed by atoms with Crippen LogP contribution in [0.3, 0.4) is 0 Å². The number of Topliss-reactive ketones (excluding diaryl/α,β-unsaturated/α-hetero) is 1. The second-order valence-electron chi connectivity index (χ2n) is 3.14. The molecule has 0 aliphatic carbocycles. The highest BCUT2D eigenvalue weighted by atomic mass is 16.1. The molecule has 2 nitrogen and oxygen atoms in total. The number of rotatable bonds is 4. The van der Waals surface area contributed by atoms with Gasteiger partial charge in [-0.3, -0.25) is 4.79 Å². The number of hydrogen-bond donors (Lipinski definition) is 1. The van der Waals surface area contributed by atoms with Gasteiger partial charge in [-0.2, -0.15) is 0 Å². The van der Waals surface area contributed by atoms with Gasteiger partial charge in [0.25, 0.3) is 0 Å². The molecule has 0 saturated carbocycles. The Bertz CT molecular complexity index is 277. The highest BCUT2D eigenvalue weighted by Gasteiger charge is 2.03. The second kappa shape index (κ2) is 4.77. The fourth-order valence-corrected chi connectivity index (χ4v) is 1.12. The molecule has 0 saturated heterocycles. The summed E-state index contributed by atoms with van der Waals surface area (Å²) in [5, 5.41) is 2.96. The fourth-order valence-electron chi connectivity index (χ4n) is 1.12. The molecule has 0 atom stereocenters. The van der Waals surface area contributed by atoms with E-state index < -0.39 is 0 Å². The molecule has 0 bridgehead atoms. The summed E-state index contributed by atoms with van der Waals surface area (Å²) in [5.74, 6) is 0.203. The van der Waals surface area contributed by atoms with Gasteiger partial charge in [0.05, 0.1) is 0 Å². The van der Waals surface area contributed by atoms with Crippen LogP contribution in [0, 0.1) is 6.92 Å². The highest BCUT2D eigenvalue weighted by Crippen LogP contribution is 2.05. The van der Waals surface area contributed by atoms with Crippen molar-refractivity contribution in [3.05, 3.63) is 35.4 Å². The Morgan fingerprint density at radius 1 is 1.31 bits per heavy atom. The average Bonchev–Trinajstić information content (AvgIpc) is 2.15. The first kappa shape index (κ1) is 9.93. The van der Waals surface area contributed by atoms with E-state index in [1.807, 2.05) is 38.2 Å². The zero-order chi connectivity index (χ0) is 9.68. The van der Waals surface area contributed by atoms with Crippen LogP contribution < -0.4 is 5.32 Å². The predicted octanol–water partition coefficient (Wildman–Crippen LogP) is 1.79. The topological polar surface area (TPSA) is 29.1 Å². The molecule has 0 fully saturated rings. The van der Waals surface area contributed by atoms with Crippen LogP contribution in [0.5, 0.6) is 0 Å². The second-order valence-corrected chi connectivity index (χ2v) is 3.14. The molecule has 13 heavy (non-hydrogen) atoms. The summed E-state index contributed by atoms with van der Waals surface area (Å²) in [4.78, 5) is 11.5. The van der Waals surface area contributed by atoms with Gasteiger partial charge in [0.2, 0.25) is 0 Å². The average molecular weight is 177 g/mol. The lowest BCUT2D eigenvalue weighted by Crippen LogP contribution is -2.12. The molecule has 0 amide bonds. The van der Waals surface area contributed by atoms with E-state index in [0.717, 1.165) is 12.1 Å². The number of ketones is 1. The lowest BCUT2D eigenvalue weighted by Gasteiger charge is -2.00. The summed E-state index contributed by atoms with van der Waals surface area (Å²) in [7, 11) is 1.85. The Labute approximate surface area is 79.0 Å². The third-order valence-electron chi connectivity index (χ3n) is 1.98. The summed E-state index contributed by atoms with van der Waals surface area (Å²) >= 11 is 0. The molecule has 0 unspecified atom stereocenters. The van der Waals surface area contributed by atoms with Crippen LogP contribution in [0.2, 0.25) is 0 Å². The summed E-state index contributed by atoms with van der Waals surface area (Å²) in [5.41, 5.74) is 1.99. The van der Waals surface area contributed by atoms with Crippen molar-refractivity contribution in [2.24, 2.45) is 0 Å². The molecular weight excluding hydrogens is 162 g/mol. The van der Waals surface area contributed by atoms with Crippen molar-refractivity contribution in [3.63, 3.8) is 0 Å². The van der Waals surface area contributed by atoms with Crippen LogP contribution in [0.1, 0.15) is 22.3 Å². The quantitative estimate of drug-likeness (QED) is 0.710. The Morgan fingerprint density at radius 3 is 2.46 bits per heavy atom. The molecule has 0 aliphatic heterocycles. The van der Waals surface area contributed by atoms with Crippen molar-refractivity contribution < 1.29 is 4.79 Å². The standard InChI is InChI=1S/C11H15NO/c1-9-3-5-10(6-4-9)11(13)7-8-12-2/h3-6,12H,7-8H2,1-2H3. The Morgan fingerprint density at radius 2 is 1.92 bits per heavy atom. The van der Waals surface area contributed by atoms with Crippen molar-refractivity contribution in [3.8, 4) is 0 Å². The SMILES string of the molecule is CNCCC(=O)c1ccc(C)cc1. The molecular formula is C11H15NO. The van der Waals surface area contributed by atoms with Gasteiger partial charge in [-0.05, 0) is 14.0 Å². The van der Waals surface area contributed by atoms with Crippen molar-refractivity contribution in [1.82, 2.24) is 5.32 Å². The number of carbonyl (C=O) groups excluding carboxylic acids is 1. The van der Waals surface area contributed by atoms with E-state index in [4.69, 9.17) is 0 Å². The number of benzene rings is 1. The Balaban J connectivity index is 2.61. The number of carbonyl (C=O) groups is 1. The molecule has 1 N–H and O–H groups in total. The first-order chi connectivity index (χ1) is 6.24. The van der Waals surface area contributed by atoms with E-state index in [1.165, 1.54) is 5.56 Å². The summed E-state index contributed by atoms with van der Waals surface area (Å²) in [6.07, 6.45) is 0.569. The van der Waals surface area contributed by atoms with Gasteiger partial charge in [0, 0.05) is 18.5 Å². The summed E-state index contributed by atoms with van der Waals surface area (Å²) in [6, 6.07) is 7.69. The van der Waals surface area contributed by atoms with Crippen molar-refractivity contribution in [2.75, 3.05) is 13.6 Å². The van der Waals surface area contributed by atoms with Gasteiger partial charge in [0.1, 0.15) is 0 Å². The number of nitrogens with one attached hydrogen (secondary N) is 1. The molecule has 1 aromatic rings. The zero-order valence-electron chi connectivity index (χ0n) is 8.13. The maximum Gasteiger partial charge on any atom is 0.164 e. The number of hydrogen-bond acceptors (Lipinski definition) is 2. The van der Waals surface area contributed by atoms with Gasteiger partial charge in [-0.25, -0.2) is 0 Å². The third kappa shape index (κ3) is 2.99. The lowest BCUT2D eigenvalue weighted by molar-refractivity contribution is 0.0983. The molecule has 1 aromatic carbocycles. The third-order valence-corrected chi connectivity index (χ3v) is 1.98. The Kier molecular flexibility index (Phi) is 3.65. The van der Waals surface area contributed by atoms with Gasteiger partial charge in [0.15, 0.2) is 5.78 Å².